The summed E-state index contributed by atoms with van der Waals surface area (Å²) in [6, 6.07) is -1.00. The van der Waals surface area contributed by atoms with Crippen LogP contribution in [0.1, 0.15) is 136 Å². The van der Waals surface area contributed by atoms with Crippen molar-refractivity contribution in [3.05, 3.63) is 24.3 Å². The number of carbonyl (C=O) groups excluding carboxylic acids is 1. The van der Waals surface area contributed by atoms with Crippen LogP contribution in [0, 0.1) is 0 Å². The molecule has 5 N–H and O–H groups in total. The van der Waals surface area contributed by atoms with Crippen molar-refractivity contribution in [3.8, 4) is 0 Å². The molecule has 0 saturated heterocycles. The molecular weight excluding hydrogens is 466 g/mol. The molecule has 218 valence electrons. The largest absolute Gasteiger partial charge is 0.394 e. The molecule has 0 rings (SSSR count). The Labute approximate surface area is 227 Å². The molecule has 1 amide bonds. The Bertz CT molecular complexity index is 566. The van der Waals surface area contributed by atoms with Crippen LogP contribution in [0.5, 0.6) is 0 Å². The van der Waals surface area contributed by atoms with E-state index in [4.69, 9.17) is 0 Å². The Hall–Kier alpha value is -1.21. The number of unbranched alkanes of at least 4 members (excludes halogenated alkanes) is 13. The second kappa shape index (κ2) is 26.4. The molecule has 0 aliphatic rings. The molecule has 0 aromatic carbocycles. The highest BCUT2D eigenvalue weighted by Gasteiger charge is 2.28. The van der Waals surface area contributed by atoms with Gasteiger partial charge in [0, 0.05) is 0 Å². The van der Waals surface area contributed by atoms with E-state index >= 15 is 0 Å². The lowest BCUT2D eigenvalue weighted by Crippen LogP contribution is -2.53. The van der Waals surface area contributed by atoms with Crippen LogP contribution < -0.4 is 5.32 Å². The van der Waals surface area contributed by atoms with Gasteiger partial charge < -0.3 is 25.7 Å². The molecule has 0 aromatic heterocycles. The highest BCUT2D eigenvalue weighted by molar-refractivity contribution is 5.80. The third-order valence-electron chi connectivity index (χ3n) is 6.88. The molecule has 0 saturated carbocycles. The first kappa shape index (κ1) is 35.8. The van der Waals surface area contributed by atoms with E-state index in [1.807, 2.05) is 0 Å². The lowest BCUT2D eigenvalue weighted by Gasteiger charge is -2.27. The van der Waals surface area contributed by atoms with Gasteiger partial charge in [0.05, 0.1) is 18.8 Å². The monoisotopic (exact) mass is 525 g/mol. The van der Waals surface area contributed by atoms with Crippen LogP contribution in [0.3, 0.4) is 0 Å². The first-order valence-electron chi connectivity index (χ1n) is 15.2. The van der Waals surface area contributed by atoms with Crippen LogP contribution in [0.4, 0.5) is 0 Å². The minimum Gasteiger partial charge on any atom is -0.394 e. The fraction of sp³-hybridized carbons (Fsp3) is 0.839. The van der Waals surface area contributed by atoms with Crippen LogP contribution in [0.15, 0.2) is 24.3 Å². The fourth-order valence-corrected chi connectivity index (χ4v) is 4.32. The smallest absolute Gasteiger partial charge is 0.249 e. The van der Waals surface area contributed by atoms with Crippen molar-refractivity contribution in [3.63, 3.8) is 0 Å². The number of hydrogen-bond donors (Lipinski definition) is 5. The van der Waals surface area contributed by atoms with Crippen LogP contribution in [0.25, 0.3) is 0 Å². The second-order valence-corrected chi connectivity index (χ2v) is 10.4. The molecule has 0 aromatic rings. The zero-order chi connectivity index (χ0) is 27.6. The third kappa shape index (κ3) is 21.4. The Morgan fingerprint density at radius 3 is 1.70 bits per heavy atom. The lowest BCUT2D eigenvalue weighted by atomic mass is 10.00. The van der Waals surface area contributed by atoms with Gasteiger partial charge in [0.2, 0.25) is 5.91 Å². The molecule has 0 heterocycles. The van der Waals surface area contributed by atoms with Crippen LogP contribution in [-0.4, -0.2) is 57.3 Å². The molecule has 6 nitrogen and oxygen atoms in total. The number of amides is 1. The van der Waals surface area contributed by atoms with E-state index in [1.54, 1.807) is 0 Å². The summed E-state index contributed by atoms with van der Waals surface area (Å²) >= 11 is 0. The van der Waals surface area contributed by atoms with E-state index in [1.165, 1.54) is 51.4 Å². The predicted molar refractivity (Wildman–Crippen MR) is 154 cm³/mol. The summed E-state index contributed by atoms with van der Waals surface area (Å²) in [5.41, 5.74) is 0. The predicted octanol–water partition coefficient (Wildman–Crippen LogP) is 6.11. The Kier molecular flexibility index (Phi) is 25.5. The van der Waals surface area contributed by atoms with E-state index in [0.717, 1.165) is 51.4 Å². The van der Waals surface area contributed by atoms with Crippen molar-refractivity contribution in [1.82, 2.24) is 5.32 Å². The van der Waals surface area contributed by atoms with Crippen molar-refractivity contribution in [2.24, 2.45) is 0 Å². The van der Waals surface area contributed by atoms with E-state index in [-0.39, 0.29) is 0 Å². The number of nitrogens with one attached hydrogen (secondary N) is 1. The Balaban J connectivity index is 4.00. The van der Waals surface area contributed by atoms with E-state index < -0.39 is 36.9 Å². The molecular formula is C31H59NO5. The molecule has 0 radical (unpaired) electrons. The van der Waals surface area contributed by atoms with Crippen LogP contribution in [-0.2, 0) is 4.79 Å². The van der Waals surface area contributed by atoms with Crippen molar-refractivity contribution < 1.29 is 25.2 Å². The van der Waals surface area contributed by atoms with Crippen molar-refractivity contribution >= 4 is 5.91 Å². The topological polar surface area (TPSA) is 110 Å². The van der Waals surface area contributed by atoms with Gasteiger partial charge in [0.1, 0.15) is 12.2 Å². The first-order valence-corrected chi connectivity index (χ1v) is 15.2. The standard InChI is InChI=1S/C31H59NO5/c1-3-5-7-9-11-13-15-17-18-20-22-24-28(34)30(36)27(26-33)32-31(37)29(35)25-23-21-19-16-14-12-10-8-6-4-2/h10,12,17-18,27-30,33-36H,3-9,11,13-16,19-26H2,1-2H3,(H,32,37)/b12-10-,18-17+. The van der Waals surface area contributed by atoms with Gasteiger partial charge in [-0.25, -0.2) is 0 Å². The Morgan fingerprint density at radius 1 is 0.649 bits per heavy atom. The van der Waals surface area contributed by atoms with Crippen molar-refractivity contribution in [1.29, 1.82) is 0 Å². The van der Waals surface area contributed by atoms with Gasteiger partial charge >= 0.3 is 0 Å². The number of allylic oxidation sites excluding steroid dienone is 4. The molecule has 0 fully saturated rings. The molecule has 0 aliphatic heterocycles. The molecule has 4 atom stereocenters. The van der Waals surface area contributed by atoms with E-state index in [9.17, 15) is 25.2 Å². The first-order chi connectivity index (χ1) is 18.0. The third-order valence-corrected chi connectivity index (χ3v) is 6.88. The molecule has 6 heteroatoms. The van der Waals surface area contributed by atoms with Crippen molar-refractivity contribution in [2.45, 2.75) is 160 Å². The summed E-state index contributed by atoms with van der Waals surface area (Å²) in [5, 5.41) is 43.0. The van der Waals surface area contributed by atoms with Crippen LogP contribution in [0.2, 0.25) is 0 Å². The molecule has 4 unspecified atom stereocenters. The van der Waals surface area contributed by atoms with Crippen molar-refractivity contribution in [2.75, 3.05) is 6.61 Å². The highest BCUT2D eigenvalue weighted by atomic mass is 16.3. The summed E-state index contributed by atoms with van der Waals surface area (Å²) in [6.07, 6.45) is 24.9. The number of carbonyl (C=O) groups is 1. The average Bonchev–Trinajstić information content (AvgIpc) is 2.90. The minimum atomic E-state index is -1.28. The van der Waals surface area contributed by atoms with Gasteiger partial charge in [0.25, 0.3) is 0 Å². The maximum Gasteiger partial charge on any atom is 0.249 e. The van der Waals surface area contributed by atoms with E-state index in [0.29, 0.717) is 19.3 Å². The normalized spacial score (nSPS) is 15.3. The molecule has 37 heavy (non-hydrogen) atoms. The second-order valence-electron chi connectivity index (χ2n) is 10.4. The fourth-order valence-electron chi connectivity index (χ4n) is 4.32. The summed E-state index contributed by atoms with van der Waals surface area (Å²) in [4.78, 5) is 12.3. The highest BCUT2D eigenvalue weighted by Crippen LogP contribution is 2.12. The summed E-state index contributed by atoms with van der Waals surface area (Å²) < 4.78 is 0. The average molecular weight is 526 g/mol. The molecule has 0 spiro atoms. The number of aliphatic hydroxyl groups excluding tert-OH is 4. The van der Waals surface area contributed by atoms with Gasteiger partial charge in [-0.05, 0) is 57.8 Å². The lowest BCUT2D eigenvalue weighted by molar-refractivity contribution is -0.132. The van der Waals surface area contributed by atoms with Gasteiger partial charge in [-0.1, -0.05) is 102 Å². The van der Waals surface area contributed by atoms with Gasteiger partial charge in [-0.3, -0.25) is 4.79 Å². The number of rotatable bonds is 26. The maximum absolute atomic E-state index is 12.3. The quantitative estimate of drug-likeness (QED) is 0.0691. The zero-order valence-electron chi connectivity index (χ0n) is 24.0. The number of hydrogen-bond acceptors (Lipinski definition) is 5. The molecule has 0 aliphatic carbocycles. The summed E-state index contributed by atoms with van der Waals surface area (Å²) in [7, 11) is 0. The van der Waals surface area contributed by atoms with Gasteiger partial charge in [0.15, 0.2) is 0 Å². The Morgan fingerprint density at radius 2 is 1.14 bits per heavy atom. The van der Waals surface area contributed by atoms with Gasteiger partial charge in [-0.15, -0.1) is 0 Å². The SMILES string of the molecule is CCCC/C=C\CCCCCCC(O)C(=O)NC(CO)C(O)C(O)CCC/C=C/CCCCCCCC. The van der Waals surface area contributed by atoms with E-state index in [2.05, 4.69) is 43.5 Å². The zero-order valence-corrected chi connectivity index (χ0v) is 24.0. The molecule has 0 bridgehead atoms. The van der Waals surface area contributed by atoms with Gasteiger partial charge in [-0.2, -0.15) is 0 Å². The number of aliphatic hydroxyl groups is 4. The maximum atomic E-state index is 12.3. The van der Waals surface area contributed by atoms with Crippen LogP contribution >= 0.6 is 0 Å². The summed E-state index contributed by atoms with van der Waals surface area (Å²) in [5.74, 6) is -0.609. The summed E-state index contributed by atoms with van der Waals surface area (Å²) in [6.45, 7) is 3.92. The minimum absolute atomic E-state index is 0.347.